The van der Waals surface area contributed by atoms with Crippen LogP contribution in [0.4, 0.5) is 0 Å². The number of carbonyl (C=O) groups is 4. The molecule has 3 aliphatic carbocycles. The van der Waals surface area contributed by atoms with Gasteiger partial charge in [0.1, 0.15) is 17.3 Å². The van der Waals surface area contributed by atoms with Crippen LogP contribution < -0.4 is 0 Å². The van der Waals surface area contributed by atoms with E-state index in [-0.39, 0.29) is 29.6 Å². The van der Waals surface area contributed by atoms with E-state index < -0.39 is 88.6 Å². The SMILES string of the molecule is CC[C@@]1(OC(C)=O)C2C(OC(=O)c3ccccc3)[C@]3(O)C[C@H](O)C(C)=C([C@@H](OC(C)=O)C(=O)[C@]2(C)[C@@H](O)C[C@H]1O)C3(C)C. The van der Waals surface area contributed by atoms with E-state index in [1.807, 2.05) is 0 Å². The number of fused-ring (bicyclic) bond motifs is 3. The van der Waals surface area contributed by atoms with Gasteiger partial charge in [-0.1, -0.05) is 39.0 Å². The number of carbonyl (C=O) groups excluding carboxylic acids is 4. The fourth-order valence-electron chi connectivity index (χ4n) is 7.90. The van der Waals surface area contributed by atoms with Crippen LogP contribution in [-0.2, 0) is 28.6 Å². The zero-order valence-electron chi connectivity index (χ0n) is 25.6. The van der Waals surface area contributed by atoms with Crippen molar-refractivity contribution >= 4 is 23.7 Å². The molecule has 0 radical (unpaired) electrons. The Kier molecular flexibility index (Phi) is 8.47. The molecule has 1 aromatic carbocycles. The van der Waals surface area contributed by atoms with Gasteiger partial charge in [0, 0.05) is 32.1 Å². The molecule has 0 aliphatic heterocycles. The smallest absolute Gasteiger partial charge is 0.338 e. The zero-order valence-corrected chi connectivity index (χ0v) is 25.6. The van der Waals surface area contributed by atoms with Crippen LogP contribution in [0.5, 0.6) is 0 Å². The molecule has 11 nitrogen and oxygen atoms in total. The number of aliphatic hydroxyl groups is 4. The van der Waals surface area contributed by atoms with Crippen molar-refractivity contribution in [2.45, 2.75) is 109 Å². The first kappa shape index (κ1) is 32.8. The lowest BCUT2D eigenvalue weighted by molar-refractivity contribution is -0.284. The first-order chi connectivity index (χ1) is 19.9. The number of ketones is 1. The maximum absolute atomic E-state index is 14.8. The molecule has 2 fully saturated rings. The molecule has 3 aliphatic rings. The first-order valence-electron chi connectivity index (χ1n) is 14.5. The molecule has 0 heterocycles. The summed E-state index contributed by atoms with van der Waals surface area (Å²) in [7, 11) is 0. The molecule has 0 spiro atoms. The lowest BCUT2D eigenvalue weighted by atomic mass is 9.45. The van der Waals surface area contributed by atoms with Crippen LogP contribution in [0.25, 0.3) is 0 Å². The third kappa shape index (κ3) is 4.81. The van der Waals surface area contributed by atoms with Crippen LogP contribution in [0, 0.1) is 16.7 Å². The first-order valence-corrected chi connectivity index (χ1v) is 14.5. The number of hydrogen-bond donors (Lipinski definition) is 4. The van der Waals surface area contributed by atoms with Crippen molar-refractivity contribution in [1.29, 1.82) is 0 Å². The van der Waals surface area contributed by atoms with E-state index in [9.17, 15) is 39.6 Å². The van der Waals surface area contributed by atoms with E-state index in [4.69, 9.17) is 14.2 Å². The average molecular weight is 603 g/mol. The van der Waals surface area contributed by atoms with E-state index in [2.05, 4.69) is 0 Å². The van der Waals surface area contributed by atoms with E-state index in [1.165, 1.54) is 19.1 Å². The molecule has 0 aromatic heterocycles. The molecule has 11 heteroatoms. The molecular formula is C32H42O11. The Hall–Kier alpha value is -3.12. The largest absolute Gasteiger partial charge is 0.456 e. The average Bonchev–Trinajstić information content (AvgIpc) is 2.92. The third-order valence-electron chi connectivity index (χ3n) is 10.3. The summed E-state index contributed by atoms with van der Waals surface area (Å²) >= 11 is 0. The van der Waals surface area contributed by atoms with Crippen LogP contribution in [0.2, 0.25) is 0 Å². The second-order valence-electron chi connectivity index (χ2n) is 12.8. The fourth-order valence-corrected chi connectivity index (χ4v) is 7.90. The minimum Gasteiger partial charge on any atom is -0.456 e. The Morgan fingerprint density at radius 2 is 1.56 bits per heavy atom. The number of hydrogen-bond acceptors (Lipinski definition) is 11. The van der Waals surface area contributed by atoms with Gasteiger partial charge in [0.15, 0.2) is 11.9 Å². The number of rotatable bonds is 5. The predicted octanol–water partition coefficient (Wildman–Crippen LogP) is 2.02. The Morgan fingerprint density at radius 1 is 0.953 bits per heavy atom. The van der Waals surface area contributed by atoms with E-state index in [0.717, 1.165) is 13.8 Å². The topological polar surface area (TPSA) is 177 Å². The van der Waals surface area contributed by atoms with Crippen molar-refractivity contribution in [2.75, 3.05) is 0 Å². The summed E-state index contributed by atoms with van der Waals surface area (Å²) < 4.78 is 17.6. The van der Waals surface area contributed by atoms with Gasteiger partial charge in [0.05, 0.1) is 35.2 Å². The highest BCUT2D eigenvalue weighted by atomic mass is 16.6. The molecule has 1 aromatic rings. The van der Waals surface area contributed by atoms with Gasteiger partial charge in [-0.25, -0.2) is 4.79 Å². The summed E-state index contributed by atoms with van der Waals surface area (Å²) in [5.74, 6) is -4.90. The molecule has 4 rings (SSSR count). The normalized spacial score (nSPS) is 38.7. The minimum absolute atomic E-state index is 0.105. The van der Waals surface area contributed by atoms with Crippen molar-refractivity contribution in [2.24, 2.45) is 16.7 Å². The summed E-state index contributed by atoms with van der Waals surface area (Å²) in [4.78, 5) is 53.6. The van der Waals surface area contributed by atoms with Gasteiger partial charge in [0.25, 0.3) is 0 Å². The van der Waals surface area contributed by atoms with Gasteiger partial charge < -0.3 is 34.6 Å². The Labute approximate surface area is 250 Å². The summed E-state index contributed by atoms with van der Waals surface area (Å²) in [5, 5.41) is 47.4. The van der Waals surface area contributed by atoms with Gasteiger partial charge in [-0.15, -0.1) is 0 Å². The van der Waals surface area contributed by atoms with Crippen molar-refractivity contribution in [3.05, 3.63) is 47.0 Å². The van der Waals surface area contributed by atoms with E-state index >= 15 is 0 Å². The summed E-state index contributed by atoms with van der Waals surface area (Å²) in [5.41, 5.74) is -7.15. The Bertz CT molecular complexity index is 1340. The van der Waals surface area contributed by atoms with Gasteiger partial charge in [-0.3, -0.25) is 14.4 Å². The maximum atomic E-state index is 14.8. The molecule has 43 heavy (non-hydrogen) atoms. The Morgan fingerprint density at radius 3 is 2.09 bits per heavy atom. The second kappa shape index (κ2) is 11.1. The van der Waals surface area contributed by atoms with E-state index in [0.29, 0.717) is 0 Å². The summed E-state index contributed by atoms with van der Waals surface area (Å²) in [6.45, 7) is 9.96. The van der Waals surface area contributed by atoms with Gasteiger partial charge in [0.2, 0.25) is 0 Å². The van der Waals surface area contributed by atoms with E-state index in [1.54, 1.807) is 45.9 Å². The molecule has 9 atom stereocenters. The molecule has 2 bridgehead atoms. The molecule has 236 valence electrons. The third-order valence-corrected chi connectivity index (χ3v) is 10.3. The highest BCUT2D eigenvalue weighted by Crippen LogP contribution is 2.62. The molecule has 0 amide bonds. The number of esters is 3. The van der Waals surface area contributed by atoms with Crippen molar-refractivity contribution in [1.82, 2.24) is 0 Å². The summed E-state index contributed by atoms with van der Waals surface area (Å²) in [6.07, 6.45) is -8.81. The van der Waals surface area contributed by atoms with Crippen LogP contribution in [-0.4, -0.2) is 85.8 Å². The quantitative estimate of drug-likeness (QED) is 0.220. The lowest BCUT2D eigenvalue weighted by Crippen LogP contribution is -2.77. The molecular weight excluding hydrogens is 560 g/mol. The van der Waals surface area contributed by atoms with Gasteiger partial charge in [-0.2, -0.15) is 0 Å². The van der Waals surface area contributed by atoms with Crippen molar-refractivity contribution < 1.29 is 53.8 Å². The van der Waals surface area contributed by atoms with Crippen molar-refractivity contribution in [3.63, 3.8) is 0 Å². The minimum atomic E-state index is -2.20. The lowest BCUT2D eigenvalue weighted by Gasteiger charge is -2.64. The highest BCUT2D eigenvalue weighted by Gasteiger charge is 2.75. The molecule has 4 N–H and O–H groups in total. The van der Waals surface area contributed by atoms with Crippen LogP contribution >= 0.6 is 0 Å². The maximum Gasteiger partial charge on any atom is 0.338 e. The molecule has 2 unspecified atom stereocenters. The fraction of sp³-hybridized carbons (Fsp3) is 0.625. The Balaban J connectivity index is 2.15. The number of Topliss-reactive ketones (excluding diaryl/α,β-unsaturated/α-hetero) is 1. The highest BCUT2D eigenvalue weighted by molar-refractivity contribution is 5.95. The second-order valence-corrected chi connectivity index (χ2v) is 12.8. The van der Waals surface area contributed by atoms with Crippen LogP contribution in [0.1, 0.15) is 78.1 Å². The van der Waals surface area contributed by atoms with Gasteiger partial charge >= 0.3 is 17.9 Å². The number of benzene rings is 1. The monoisotopic (exact) mass is 602 g/mol. The number of ether oxygens (including phenoxy) is 3. The predicted molar refractivity (Wildman–Crippen MR) is 151 cm³/mol. The molecule has 0 saturated heterocycles. The standard InChI is InChI=1S/C32H42O11/c1-8-31(43-18(4)34)22(37)14-21(36)30(7)25(31)27(42-28(39)19-12-10-9-11-13-19)32(40)15-20(35)16(2)23(29(32,5)6)24(26(30)38)41-17(3)33/h9-13,20-22,24-25,27,35-37,40H,8,14-15H2,1-7H3/t20-,21-,22+,24+,25?,27?,30+,31-,32+/m0/s1. The van der Waals surface area contributed by atoms with Crippen LogP contribution in [0.15, 0.2) is 41.5 Å². The zero-order chi connectivity index (χ0) is 32.3. The van der Waals surface area contributed by atoms with Crippen LogP contribution in [0.3, 0.4) is 0 Å². The van der Waals surface area contributed by atoms with Crippen molar-refractivity contribution in [3.8, 4) is 0 Å². The number of aliphatic hydroxyl groups excluding tert-OH is 3. The summed E-state index contributed by atoms with van der Waals surface area (Å²) in [6, 6.07) is 7.92. The molecule has 2 saturated carbocycles. The van der Waals surface area contributed by atoms with Gasteiger partial charge in [-0.05, 0) is 43.5 Å².